The summed E-state index contributed by atoms with van der Waals surface area (Å²) >= 11 is 0. The van der Waals surface area contributed by atoms with Crippen LogP contribution in [-0.4, -0.2) is 50.8 Å². The third-order valence-corrected chi connectivity index (χ3v) is 3.73. The van der Waals surface area contributed by atoms with Gasteiger partial charge in [0.2, 0.25) is 0 Å². The first kappa shape index (κ1) is 15.8. The lowest BCUT2D eigenvalue weighted by Crippen LogP contribution is -2.30. The molecular formula is C16H24N2O3. The Hall–Kier alpha value is -1.59. The number of benzene rings is 1. The molecule has 1 saturated heterocycles. The monoisotopic (exact) mass is 292 g/mol. The van der Waals surface area contributed by atoms with Gasteiger partial charge in [0.05, 0.1) is 6.61 Å². The van der Waals surface area contributed by atoms with Gasteiger partial charge in [-0.05, 0) is 12.5 Å². The zero-order valence-electron chi connectivity index (χ0n) is 13.0. The number of methoxy groups -OCH3 is 1. The van der Waals surface area contributed by atoms with E-state index in [0.29, 0.717) is 13.2 Å². The highest BCUT2D eigenvalue weighted by molar-refractivity contribution is 5.83. The van der Waals surface area contributed by atoms with Crippen LogP contribution >= 0.6 is 0 Å². The summed E-state index contributed by atoms with van der Waals surface area (Å²) < 4.78 is 11.0. The van der Waals surface area contributed by atoms with Crippen molar-refractivity contribution in [2.75, 3.05) is 33.9 Å². The summed E-state index contributed by atoms with van der Waals surface area (Å²) in [5.41, 5.74) is 2.14. The number of aryl methyl sites for hydroxylation is 1. The normalized spacial score (nSPS) is 18.3. The number of rotatable bonds is 7. The lowest BCUT2D eigenvalue weighted by Gasteiger charge is -2.18. The highest BCUT2D eigenvalue weighted by Gasteiger charge is 2.31. The number of nitrogens with zero attached hydrogens (tertiary/aromatic N) is 1. The summed E-state index contributed by atoms with van der Waals surface area (Å²) in [6, 6.07) is 6.06. The highest BCUT2D eigenvalue weighted by Crippen LogP contribution is 2.27. The maximum absolute atomic E-state index is 12.0. The van der Waals surface area contributed by atoms with E-state index in [0.717, 1.165) is 36.4 Å². The minimum Gasteiger partial charge on any atom is -0.480 e. The van der Waals surface area contributed by atoms with Crippen LogP contribution in [0.15, 0.2) is 18.2 Å². The molecule has 5 heteroatoms. The predicted octanol–water partition coefficient (Wildman–Crippen LogP) is 1.34. The molecule has 2 rings (SSSR count). The number of likely N-dealkylation sites (tertiary alicyclic amines) is 1. The topological polar surface area (TPSA) is 50.8 Å². The van der Waals surface area contributed by atoms with Gasteiger partial charge in [-0.25, -0.2) is 0 Å². The molecule has 1 N–H and O–H groups in total. The maximum atomic E-state index is 12.0. The molecule has 116 valence electrons. The summed E-state index contributed by atoms with van der Waals surface area (Å²) in [5.74, 6) is 0.896. The number of ether oxygens (including phenoxy) is 2. The molecule has 1 fully saturated rings. The fourth-order valence-corrected chi connectivity index (χ4v) is 2.46. The molecule has 1 heterocycles. The summed E-state index contributed by atoms with van der Waals surface area (Å²) in [4.78, 5) is 13.7. The third kappa shape index (κ3) is 3.95. The van der Waals surface area contributed by atoms with Gasteiger partial charge in [-0.3, -0.25) is 4.79 Å². The van der Waals surface area contributed by atoms with Crippen LogP contribution in [-0.2, 0) is 16.1 Å². The quantitative estimate of drug-likeness (QED) is 0.771. The largest absolute Gasteiger partial charge is 0.480 e. The second kappa shape index (κ2) is 7.43. The summed E-state index contributed by atoms with van der Waals surface area (Å²) in [6.45, 7) is 4.94. The van der Waals surface area contributed by atoms with Crippen LogP contribution < -0.4 is 10.1 Å². The number of carbonyl (C=O) groups excluding carboxylic acids is 1. The highest BCUT2D eigenvalue weighted by atomic mass is 16.5. The second-order valence-electron chi connectivity index (χ2n) is 5.39. The minimum atomic E-state index is -0.353. The number of hydrogen-bond acceptors (Lipinski definition) is 4. The van der Waals surface area contributed by atoms with Crippen molar-refractivity contribution in [1.82, 2.24) is 10.2 Å². The van der Waals surface area contributed by atoms with Crippen molar-refractivity contribution in [1.29, 1.82) is 0 Å². The third-order valence-electron chi connectivity index (χ3n) is 3.73. The van der Waals surface area contributed by atoms with Crippen LogP contribution in [0.5, 0.6) is 5.75 Å². The van der Waals surface area contributed by atoms with E-state index in [1.807, 2.05) is 32.2 Å². The van der Waals surface area contributed by atoms with Crippen molar-refractivity contribution in [2.45, 2.75) is 26.0 Å². The van der Waals surface area contributed by atoms with Crippen LogP contribution in [0.1, 0.15) is 17.5 Å². The molecular weight excluding hydrogens is 268 g/mol. The average Bonchev–Trinajstić information content (AvgIpc) is 2.78. The van der Waals surface area contributed by atoms with Crippen LogP contribution in [0.4, 0.5) is 0 Å². The molecule has 0 bridgehead atoms. The van der Waals surface area contributed by atoms with Crippen molar-refractivity contribution < 1.29 is 14.3 Å². The Morgan fingerprint density at radius 1 is 1.43 bits per heavy atom. The average molecular weight is 292 g/mol. The molecule has 0 spiro atoms. The van der Waals surface area contributed by atoms with Gasteiger partial charge in [0.1, 0.15) is 5.75 Å². The Labute approximate surface area is 126 Å². The first-order valence-corrected chi connectivity index (χ1v) is 7.33. The van der Waals surface area contributed by atoms with Crippen molar-refractivity contribution >= 4 is 5.91 Å². The molecule has 1 aliphatic rings. The number of likely N-dealkylation sites (N-methyl/N-ethyl adjacent to an activating group) is 1. The van der Waals surface area contributed by atoms with E-state index in [2.05, 4.69) is 5.32 Å². The van der Waals surface area contributed by atoms with E-state index in [1.165, 1.54) is 0 Å². The van der Waals surface area contributed by atoms with E-state index in [-0.39, 0.29) is 12.0 Å². The number of amides is 1. The molecule has 0 aliphatic carbocycles. The van der Waals surface area contributed by atoms with Gasteiger partial charge in [-0.2, -0.15) is 0 Å². The van der Waals surface area contributed by atoms with Crippen molar-refractivity contribution in [3.05, 3.63) is 29.3 Å². The van der Waals surface area contributed by atoms with Crippen LogP contribution in [0.3, 0.4) is 0 Å². The second-order valence-corrected chi connectivity index (χ2v) is 5.39. The molecule has 1 aromatic rings. The Morgan fingerprint density at radius 3 is 2.90 bits per heavy atom. The molecule has 0 saturated carbocycles. The van der Waals surface area contributed by atoms with Crippen LogP contribution in [0, 0.1) is 6.92 Å². The van der Waals surface area contributed by atoms with Gasteiger partial charge in [0.25, 0.3) is 5.91 Å². The van der Waals surface area contributed by atoms with Gasteiger partial charge in [0.15, 0.2) is 6.10 Å². The van der Waals surface area contributed by atoms with Gasteiger partial charge in [-0.15, -0.1) is 0 Å². The Balaban J connectivity index is 2.05. The first-order valence-electron chi connectivity index (χ1n) is 7.33. The molecule has 0 aromatic heterocycles. The lowest BCUT2D eigenvalue weighted by molar-refractivity contribution is -0.132. The summed E-state index contributed by atoms with van der Waals surface area (Å²) in [5, 5.41) is 3.31. The van der Waals surface area contributed by atoms with Crippen molar-refractivity contribution in [3.63, 3.8) is 0 Å². The molecule has 1 aliphatic heterocycles. The first-order chi connectivity index (χ1) is 10.1. The lowest BCUT2D eigenvalue weighted by atomic mass is 10.1. The fraction of sp³-hybridized carbons (Fsp3) is 0.562. The number of para-hydroxylation sites is 1. The number of carbonyl (C=O) groups is 1. The van der Waals surface area contributed by atoms with E-state index in [9.17, 15) is 4.79 Å². The Bertz CT molecular complexity index is 490. The zero-order valence-corrected chi connectivity index (χ0v) is 13.0. The van der Waals surface area contributed by atoms with E-state index in [1.54, 1.807) is 12.0 Å². The number of nitrogens with one attached hydrogen (secondary N) is 1. The molecule has 1 amide bonds. The van der Waals surface area contributed by atoms with Gasteiger partial charge >= 0.3 is 0 Å². The number of hydrogen-bond donors (Lipinski definition) is 1. The van der Waals surface area contributed by atoms with Gasteiger partial charge in [-0.1, -0.05) is 18.2 Å². The van der Waals surface area contributed by atoms with E-state index in [4.69, 9.17) is 9.47 Å². The van der Waals surface area contributed by atoms with Crippen LogP contribution in [0.25, 0.3) is 0 Å². The molecule has 0 radical (unpaired) electrons. The van der Waals surface area contributed by atoms with Crippen molar-refractivity contribution in [3.8, 4) is 5.75 Å². The molecule has 5 nitrogen and oxygen atoms in total. The fourth-order valence-electron chi connectivity index (χ4n) is 2.46. The van der Waals surface area contributed by atoms with E-state index < -0.39 is 0 Å². The SMILES string of the molecule is COCCNCc1cccc(C)c1OC1CCN(C)C1=O. The Kier molecular flexibility index (Phi) is 5.59. The minimum absolute atomic E-state index is 0.0662. The van der Waals surface area contributed by atoms with Gasteiger partial charge < -0.3 is 19.7 Å². The zero-order chi connectivity index (χ0) is 15.2. The van der Waals surface area contributed by atoms with Crippen LogP contribution in [0.2, 0.25) is 0 Å². The maximum Gasteiger partial charge on any atom is 0.263 e. The summed E-state index contributed by atoms with van der Waals surface area (Å²) in [7, 11) is 3.50. The van der Waals surface area contributed by atoms with Crippen molar-refractivity contribution in [2.24, 2.45) is 0 Å². The molecule has 1 unspecified atom stereocenters. The van der Waals surface area contributed by atoms with E-state index >= 15 is 0 Å². The standard InChI is InChI=1S/C16H24N2O3/c1-12-5-4-6-13(11-17-8-10-20-3)15(12)21-14-7-9-18(2)16(14)19/h4-6,14,17H,7-11H2,1-3H3. The van der Waals surface area contributed by atoms with Gasteiger partial charge in [0, 0.05) is 45.8 Å². The summed E-state index contributed by atoms with van der Waals surface area (Å²) in [6.07, 6.45) is 0.397. The molecule has 1 aromatic carbocycles. The smallest absolute Gasteiger partial charge is 0.263 e. The Morgan fingerprint density at radius 2 is 2.24 bits per heavy atom. The predicted molar refractivity (Wildman–Crippen MR) is 81.4 cm³/mol. The molecule has 1 atom stereocenters. The molecule has 21 heavy (non-hydrogen) atoms.